The highest BCUT2D eigenvalue weighted by molar-refractivity contribution is 6.73. The maximum atomic E-state index is 2.52. The third-order valence-electron chi connectivity index (χ3n) is 5.14. The Hall–Kier alpha value is -0.248. The summed E-state index contributed by atoms with van der Waals surface area (Å²) in [7, 11) is 0. The summed E-state index contributed by atoms with van der Waals surface area (Å²) in [5.74, 6) is 0. The third-order valence-corrected chi connectivity index (χ3v) is 8.77. The van der Waals surface area contributed by atoms with Gasteiger partial charge in [0, 0.05) is 0 Å². The molecule has 1 aromatic carbocycles. The molecule has 0 amide bonds. The Morgan fingerprint density at radius 1 is 0.696 bits per heavy atom. The number of hydrogen-bond acceptors (Lipinski definition) is 0. The van der Waals surface area contributed by atoms with Gasteiger partial charge in [0.05, 0.1) is 0 Å². The van der Waals surface area contributed by atoms with E-state index in [4.69, 9.17) is 0 Å². The quantitative estimate of drug-likeness (QED) is 0.354. The Balaban J connectivity index is 3.05. The molecule has 0 bridgehead atoms. The fourth-order valence-corrected chi connectivity index (χ4v) is 7.57. The second kappa shape index (κ2) is 13.1. The number of rotatable bonds is 13. The van der Waals surface area contributed by atoms with Gasteiger partial charge in [-0.25, -0.2) is 0 Å². The molecular weight excluding hydrogens is 291 g/mol. The van der Waals surface area contributed by atoms with Crippen molar-refractivity contribution in [2.45, 2.75) is 102 Å². The molecule has 0 N–H and O–H groups in total. The van der Waals surface area contributed by atoms with Crippen molar-refractivity contribution in [2.75, 3.05) is 0 Å². The normalized spacial score (nSPS) is 11.0. The van der Waals surface area contributed by atoms with Crippen LogP contribution in [0, 0.1) is 0 Å². The summed E-state index contributed by atoms with van der Waals surface area (Å²) in [6.45, 7) is 9.34. The van der Waals surface area contributed by atoms with E-state index in [0.717, 1.165) is 0 Å². The van der Waals surface area contributed by atoms with Gasteiger partial charge in [0.2, 0.25) is 0 Å². The summed E-state index contributed by atoms with van der Waals surface area (Å²) in [4.78, 5) is 0. The van der Waals surface area contributed by atoms with Crippen LogP contribution >= 0.6 is 0 Å². The lowest BCUT2D eigenvalue weighted by Crippen LogP contribution is -2.33. The summed E-state index contributed by atoms with van der Waals surface area (Å²) in [5, 5.41) is 3.04. The maximum Gasteiger partial charge on any atom is 0.306 e. The van der Waals surface area contributed by atoms with Gasteiger partial charge in [-0.05, 0) is 31.2 Å². The van der Waals surface area contributed by atoms with E-state index >= 15 is 0 Å². The number of aryl methyl sites for hydroxylation is 1. The molecule has 0 aliphatic heterocycles. The molecule has 0 saturated carbocycles. The first-order valence-corrected chi connectivity index (χ1v) is 12.6. The Labute approximate surface area is 150 Å². The molecule has 1 aromatic rings. The van der Waals surface area contributed by atoms with E-state index in [2.05, 4.69) is 45.9 Å². The van der Waals surface area contributed by atoms with Gasteiger partial charge >= 0.3 is 14.1 Å². The van der Waals surface area contributed by atoms with Crippen LogP contribution in [0.5, 0.6) is 0 Å². The van der Waals surface area contributed by atoms with Gasteiger partial charge < -0.3 is 0 Å². The van der Waals surface area contributed by atoms with E-state index in [9.17, 15) is 0 Å². The van der Waals surface area contributed by atoms with Crippen LogP contribution in [0.15, 0.2) is 18.2 Å². The molecule has 130 valence electrons. The first kappa shape index (κ1) is 20.8. The predicted molar refractivity (Wildman–Crippen MR) is 108 cm³/mol. The molecule has 0 atom stereocenters. The Kier molecular flexibility index (Phi) is 11.8. The smallest absolute Gasteiger partial charge is 0.107 e. The lowest BCUT2D eigenvalue weighted by atomic mass is 9.98. The fraction of sp³-hybridized carbons (Fsp3) is 0.727. The number of unbranched alkanes of at least 4 members (excludes halogenated alkanes) is 4. The standard InChI is InChI=1S/C14H21.2C4H9.Al/c1-3-5-9-13-11-7-8-12-14(13)10-6-4-2;2*1-3-4-2;/h7-8,11H,3-6,9-10H2,1-2H3;2*1,3-4H2,2H3;. The van der Waals surface area contributed by atoms with Gasteiger partial charge in [0.25, 0.3) is 0 Å². The van der Waals surface area contributed by atoms with Crippen LogP contribution < -0.4 is 4.43 Å². The molecule has 0 heterocycles. The minimum Gasteiger partial charge on any atom is -0.107 e. The molecule has 0 spiro atoms. The largest absolute Gasteiger partial charge is 0.306 e. The predicted octanol–water partition coefficient (Wildman–Crippen LogP) is 6.67. The molecule has 1 rings (SSSR count). The minimum atomic E-state index is -0.771. The Morgan fingerprint density at radius 2 is 1.26 bits per heavy atom. The molecule has 0 unspecified atom stereocenters. The topological polar surface area (TPSA) is 0 Å². The summed E-state index contributed by atoms with van der Waals surface area (Å²) in [6.07, 6.45) is 13.5. The van der Waals surface area contributed by atoms with Crippen LogP contribution in [0.25, 0.3) is 0 Å². The van der Waals surface area contributed by atoms with E-state index in [-0.39, 0.29) is 0 Å². The van der Waals surface area contributed by atoms with E-state index in [1.165, 1.54) is 74.8 Å². The molecule has 0 nitrogen and oxygen atoms in total. The molecule has 0 aromatic heterocycles. The lowest BCUT2D eigenvalue weighted by molar-refractivity contribution is 0.760. The van der Waals surface area contributed by atoms with Gasteiger partial charge in [-0.3, -0.25) is 0 Å². The van der Waals surface area contributed by atoms with Crippen molar-refractivity contribution in [3.05, 3.63) is 29.3 Å². The molecule has 1 heteroatoms. The molecule has 0 fully saturated rings. The highest BCUT2D eigenvalue weighted by Crippen LogP contribution is 2.18. The second-order valence-corrected chi connectivity index (χ2v) is 10.3. The first-order valence-electron chi connectivity index (χ1n) is 10.4. The highest BCUT2D eigenvalue weighted by Gasteiger charge is 2.22. The molecule has 0 aliphatic rings. The third kappa shape index (κ3) is 7.45. The fourth-order valence-electron chi connectivity index (χ4n) is 3.65. The van der Waals surface area contributed by atoms with Crippen LogP contribution in [0.3, 0.4) is 0 Å². The first-order chi connectivity index (χ1) is 11.3. The van der Waals surface area contributed by atoms with Crippen molar-refractivity contribution in [1.29, 1.82) is 0 Å². The zero-order chi connectivity index (χ0) is 16.9. The summed E-state index contributed by atoms with van der Waals surface area (Å²) < 4.78 is 1.84. The van der Waals surface area contributed by atoms with Crippen LogP contribution in [0.4, 0.5) is 0 Å². The molecular formula is C22H39Al. The molecule has 0 radical (unpaired) electrons. The molecule has 0 saturated heterocycles. The number of hydrogen-bond donors (Lipinski definition) is 0. The van der Waals surface area contributed by atoms with Gasteiger partial charge in [-0.1, -0.05) is 101 Å². The van der Waals surface area contributed by atoms with Crippen LogP contribution in [-0.2, 0) is 12.8 Å². The van der Waals surface area contributed by atoms with Crippen molar-refractivity contribution in [3.8, 4) is 0 Å². The molecule has 23 heavy (non-hydrogen) atoms. The van der Waals surface area contributed by atoms with Gasteiger partial charge in [0.1, 0.15) is 0 Å². The van der Waals surface area contributed by atoms with Gasteiger partial charge in [0.15, 0.2) is 0 Å². The van der Waals surface area contributed by atoms with Crippen LogP contribution in [0.2, 0.25) is 10.6 Å². The van der Waals surface area contributed by atoms with E-state index in [1.54, 1.807) is 11.1 Å². The zero-order valence-corrected chi connectivity index (χ0v) is 17.4. The van der Waals surface area contributed by atoms with E-state index in [1.807, 2.05) is 4.43 Å². The summed E-state index contributed by atoms with van der Waals surface area (Å²) >= 11 is -0.771. The minimum absolute atomic E-state index is 0.771. The summed E-state index contributed by atoms with van der Waals surface area (Å²) in [5.41, 5.74) is 3.47. The van der Waals surface area contributed by atoms with Crippen LogP contribution in [0.1, 0.15) is 90.2 Å². The van der Waals surface area contributed by atoms with E-state index in [0.29, 0.717) is 0 Å². The average molecular weight is 331 g/mol. The lowest BCUT2D eigenvalue weighted by Gasteiger charge is -2.20. The maximum absolute atomic E-state index is 2.52. The Bertz CT molecular complexity index is 402. The highest BCUT2D eigenvalue weighted by atomic mass is 27.2. The SMILES string of the molecule is CCCCc1ccc[c]([Al]([CH2]CCC)[CH2]CCC)c1CCCC. The number of benzene rings is 1. The summed E-state index contributed by atoms with van der Waals surface area (Å²) in [6, 6.07) is 7.31. The second-order valence-electron chi connectivity index (χ2n) is 7.17. The van der Waals surface area contributed by atoms with Crippen LogP contribution in [-0.4, -0.2) is 14.1 Å². The average Bonchev–Trinajstić information content (AvgIpc) is 2.58. The van der Waals surface area contributed by atoms with Crippen molar-refractivity contribution < 1.29 is 0 Å². The van der Waals surface area contributed by atoms with Gasteiger partial charge in [-0.15, -0.1) is 4.43 Å². The Morgan fingerprint density at radius 3 is 1.83 bits per heavy atom. The van der Waals surface area contributed by atoms with Gasteiger partial charge in [-0.2, -0.15) is 0 Å². The molecule has 0 aliphatic carbocycles. The monoisotopic (exact) mass is 330 g/mol. The van der Waals surface area contributed by atoms with Crippen molar-refractivity contribution in [3.63, 3.8) is 0 Å². The van der Waals surface area contributed by atoms with E-state index < -0.39 is 14.1 Å². The van der Waals surface area contributed by atoms with Crippen molar-refractivity contribution >= 4 is 18.6 Å². The zero-order valence-electron chi connectivity index (χ0n) is 16.3. The van der Waals surface area contributed by atoms with Crippen molar-refractivity contribution in [2.24, 2.45) is 0 Å². The van der Waals surface area contributed by atoms with Crippen molar-refractivity contribution in [1.82, 2.24) is 0 Å².